The number of nitrogens with zero attached hydrogens (tertiary/aromatic N) is 1. The van der Waals surface area contributed by atoms with E-state index >= 15 is 0 Å². The summed E-state index contributed by atoms with van der Waals surface area (Å²) in [5.74, 6) is 0. The van der Waals surface area contributed by atoms with E-state index in [2.05, 4.69) is 25.6 Å². The Kier molecular flexibility index (Phi) is 3.77. The molecule has 0 aliphatic carbocycles. The molecule has 2 rings (SSSR count). The SMILES string of the molecule is Cc1nc(Br)ccc1NS(=O)(=O)c1ccccc1N. The zero-order valence-corrected chi connectivity index (χ0v) is 12.5. The molecule has 0 amide bonds. The monoisotopic (exact) mass is 341 g/mol. The molecule has 100 valence electrons. The van der Waals surface area contributed by atoms with Gasteiger partial charge in [-0.15, -0.1) is 0 Å². The average Bonchev–Trinajstić information content (AvgIpc) is 2.33. The number of aromatic nitrogens is 1. The van der Waals surface area contributed by atoms with E-state index in [9.17, 15) is 8.42 Å². The quantitative estimate of drug-likeness (QED) is 0.663. The van der Waals surface area contributed by atoms with Gasteiger partial charge in [0, 0.05) is 0 Å². The summed E-state index contributed by atoms with van der Waals surface area (Å²) in [5.41, 5.74) is 6.89. The molecule has 0 saturated heterocycles. The number of rotatable bonds is 3. The number of nitrogens with one attached hydrogen (secondary N) is 1. The summed E-state index contributed by atoms with van der Waals surface area (Å²) in [6.45, 7) is 1.72. The zero-order chi connectivity index (χ0) is 14.0. The molecule has 1 aromatic heterocycles. The number of hydrogen-bond donors (Lipinski definition) is 2. The van der Waals surface area contributed by atoms with E-state index in [1.807, 2.05) is 0 Å². The van der Waals surface area contributed by atoms with Crippen molar-refractivity contribution in [3.63, 3.8) is 0 Å². The Morgan fingerprint density at radius 3 is 2.53 bits per heavy atom. The van der Waals surface area contributed by atoms with Crippen LogP contribution < -0.4 is 10.5 Å². The second-order valence-electron chi connectivity index (χ2n) is 3.91. The molecule has 0 aliphatic heterocycles. The average molecular weight is 342 g/mol. The summed E-state index contributed by atoms with van der Waals surface area (Å²) in [6.07, 6.45) is 0. The van der Waals surface area contributed by atoms with Gasteiger partial charge in [0.25, 0.3) is 10.0 Å². The lowest BCUT2D eigenvalue weighted by molar-refractivity contribution is 0.601. The van der Waals surface area contributed by atoms with Crippen LogP contribution in [-0.4, -0.2) is 13.4 Å². The van der Waals surface area contributed by atoms with Gasteiger partial charge in [0.15, 0.2) is 0 Å². The maximum absolute atomic E-state index is 12.2. The van der Waals surface area contributed by atoms with Crippen LogP contribution in [0.1, 0.15) is 5.69 Å². The standard InChI is InChI=1S/C12H12BrN3O2S/c1-8-10(6-7-12(13)15-8)16-19(17,18)11-5-3-2-4-9(11)14/h2-7,16H,14H2,1H3. The molecule has 0 atom stereocenters. The van der Waals surface area contributed by atoms with Gasteiger partial charge in [-0.3, -0.25) is 4.72 Å². The fraction of sp³-hybridized carbons (Fsp3) is 0.0833. The summed E-state index contributed by atoms with van der Waals surface area (Å²) in [4.78, 5) is 4.19. The van der Waals surface area contributed by atoms with Crippen LogP contribution in [0, 0.1) is 6.92 Å². The molecular weight excluding hydrogens is 330 g/mol. The first-order valence-corrected chi connectivity index (χ1v) is 7.68. The van der Waals surface area contributed by atoms with E-state index in [4.69, 9.17) is 5.73 Å². The van der Waals surface area contributed by atoms with Gasteiger partial charge in [-0.2, -0.15) is 0 Å². The minimum atomic E-state index is -3.71. The molecule has 1 heterocycles. The molecule has 0 aliphatic rings. The van der Waals surface area contributed by atoms with Crippen molar-refractivity contribution in [2.24, 2.45) is 0 Å². The van der Waals surface area contributed by atoms with E-state index in [-0.39, 0.29) is 10.6 Å². The number of para-hydroxylation sites is 1. The lowest BCUT2D eigenvalue weighted by atomic mass is 10.3. The summed E-state index contributed by atoms with van der Waals surface area (Å²) >= 11 is 3.22. The molecular formula is C12H12BrN3O2S. The second-order valence-corrected chi connectivity index (χ2v) is 6.37. The molecule has 0 saturated carbocycles. The van der Waals surface area contributed by atoms with Crippen LogP contribution in [-0.2, 0) is 10.0 Å². The van der Waals surface area contributed by atoms with Gasteiger partial charge in [0.2, 0.25) is 0 Å². The van der Waals surface area contributed by atoms with Gasteiger partial charge in [0.05, 0.1) is 17.1 Å². The minimum absolute atomic E-state index is 0.0531. The predicted molar refractivity (Wildman–Crippen MR) is 78.3 cm³/mol. The third-order valence-corrected chi connectivity index (χ3v) is 4.39. The van der Waals surface area contributed by atoms with E-state index < -0.39 is 10.0 Å². The number of aryl methyl sites for hydroxylation is 1. The molecule has 0 radical (unpaired) electrons. The molecule has 0 bridgehead atoms. The zero-order valence-electron chi connectivity index (χ0n) is 10.1. The Labute approximate surface area is 120 Å². The van der Waals surface area contributed by atoms with Crippen LogP contribution in [0.4, 0.5) is 11.4 Å². The molecule has 0 fully saturated rings. The largest absolute Gasteiger partial charge is 0.398 e. The van der Waals surface area contributed by atoms with Crippen LogP contribution in [0.2, 0.25) is 0 Å². The minimum Gasteiger partial charge on any atom is -0.398 e. The Morgan fingerprint density at radius 1 is 1.21 bits per heavy atom. The number of nitrogens with two attached hydrogens (primary N) is 1. The smallest absolute Gasteiger partial charge is 0.264 e. The Bertz CT molecular complexity index is 717. The van der Waals surface area contributed by atoms with Crippen LogP contribution in [0.15, 0.2) is 45.9 Å². The first-order valence-electron chi connectivity index (χ1n) is 5.40. The lowest BCUT2D eigenvalue weighted by Crippen LogP contribution is -2.15. The first kappa shape index (κ1) is 13.8. The number of halogens is 1. The number of hydrogen-bond acceptors (Lipinski definition) is 4. The lowest BCUT2D eigenvalue weighted by Gasteiger charge is -2.11. The molecule has 3 N–H and O–H groups in total. The summed E-state index contributed by atoms with van der Waals surface area (Å²) in [6, 6.07) is 9.61. The highest BCUT2D eigenvalue weighted by molar-refractivity contribution is 9.10. The van der Waals surface area contributed by atoms with Gasteiger partial charge in [-0.1, -0.05) is 12.1 Å². The van der Waals surface area contributed by atoms with Crippen molar-refractivity contribution < 1.29 is 8.42 Å². The fourth-order valence-electron chi connectivity index (χ4n) is 1.56. The van der Waals surface area contributed by atoms with E-state index in [0.717, 1.165) is 0 Å². The summed E-state index contributed by atoms with van der Waals surface area (Å²) < 4.78 is 27.6. The van der Waals surface area contributed by atoms with Crippen molar-refractivity contribution in [1.29, 1.82) is 0 Å². The van der Waals surface area contributed by atoms with Gasteiger partial charge in [-0.05, 0) is 47.1 Å². The third kappa shape index (κ3) is 3.05. The van der Waals surface area contributed by atoms with Crippen molar-refractivity contribution in [1.82, 2.24) is 4.98 Å². The van der Waals surface area contributed by atoms with Gasteiger partial charge in [0.1, 0.15) is 9.50 Å². The molecule has 0 unspecified atom stereocenters. The van der Waals surface area contributed by atoms with E-state index in [0.29, 0.717) is 16.0 Å². The summed E-state index contributed by atoms with van der Waals surface area (Å²) in [5, 5.41) is 0. The van der Waals surface area contributed by atoms with Crippen molar-refractivity contribution in [2.75, 3.05) is 10.5 Å². The molecule has 5 nitrogen and oxygen atoms in total. The number of pyridine rings is 1. The fourth-order valence-corrected chi connectivity index (χ4v) is 3.21. The molecule has 0 spiro atoms. The van der Waals surface area contributed by atoms with Crippen LogP contribution in [0.5, 0.6) is 0 Å². The first-order chi connectivity index (χ1) is 8.90. The highest BCUT2D eigenvalue weighted by Gasteiger charge is 2.18. The maximum atomic E-state index is 12.2. The molecule has 7 heteroatoms. The third-order valence-electron chi connectivity index (χ3n) is 2.50. The van der Waals surface area contributed by atoms with Crippen LogP contribution in [0.3, 0.4) is 0 Å². The Hall–Kier alpha value is -1.60. The van der Waals surface area contributed by atoms with Crippen molar-refractivity contribution in [3.05, 3.63) is 46.7 Å². The Balaban J connectivity index is 2.40. The van der Waals surface area contributed by atoms with Crippen molar-refractivity contribution >= 4 is 37.3 Å². The maximum Gasteiger partial charge on any atom is 0.264 e. The topological polar surface area (TPSA) is 85.1 Å². The van der Waals surface area contributed by atoms with Crippen LogP contribution >= 0.6 is 15.9 Å². The normalized spacial score (nSPS) is 11.3. The highest BCUT2D eigenvalue weighted by Crippen LogP contribution is 2.23. The molecule has 19 heavy (non-hydrogen) atoms. The Morgan fingerprint density at radius 2 is 1.89 bits per heavy atom. The second kappa shape index (κ2) is 5.18. The van der Waals surface area contributed by atoms with Crippen LogP contribution in [0.25, 0.3) is 0 Å². The van der Waals surface area contributed by atoms with Crippen molar-refractivity contribution in [2.45, 2.75) is 11.8 Å². The summed E-state index contributed by atoms with van der Waals surface area (Å²) in [7, 11) is -3.71. The predicted octanol–water partition coefficient (Wildman–Crippen LogP) is 2.54. The van der Waals surface area contributed by atoms with Gasteiger partial charge in [-0.25, -0.2) is 13.4 Å². The number of sulfonamides is 1. The molecule has 1 aromatic carbocycles. The van der Waals surface area contributed by atoms with Gasteiger partial charge < -0.3 is 5.73 Å². The van der Waals surface area contributed by atoms with E-state index in [1.54, 1.807) is 37.3 Å². The number of anilines is 2. The molecule has 2 aromatic rings. The number of benzene rings is 1. The van der Waals surface area contributed by atoms with Crippen molar-refractivity contribution in [3.8, 4) is 0 Å². The van der Waals surface area contributed by atoms with E-state index in [1.165, 1.54) is 6.07 Å². The number of nitrogen functional groups attached to an aromatic ring is 1. The highest BCUT2D eigenvalue weighted by atomic mass is 79.9. The van der Waals surface area contributed by atoms with Gasteiger partial charge >= 0.3 is 0 Å².